The summed E-state index contributed by atoms with van der Waals surface area (Å²) in [5, 5.41) is 16.5. The maximum absolute atomic E-state index is 13.5. The van der Waals surface area contributed by atoms with E-state index in [1.807, 2.05) is 35.8 Å². The summed E-state index contributed by atoms with van der Waals surface area (Å²) in [6.45, 7) is 9.33. The van der Waals surface area contributed by atoms with Crippen molar-refractivity contribution in [3.63, 3.8) is 0 Å². The molecule has 0 aromatic carbocycles. The Balaban J connectivity index is 0.00000353. The van der Waals surface area contributed by atoms with Crippen LogP contribution in [0.15, 0.2) is 48.1 Å². The average Bonchev–Trinajstić information content (AvgIpc) is 3.72. The van der Waals surface area contributed by atoms with E-state index in [-0.39, 0.29) is 25.9 Å². The molecule has 0 radical (unpaired) electrons. The van der Waals surface area contributed by atoms with Crippen LogP contribution in [0.2, 0.25) is 0 Å². The van der Waals surface area contributed by atoms with E-state index in [1.54, 1.807) is 22.0 Å². The molecular weight excluding hydrogens is 508 g/mol. The number of rotatable bonds is 11. The monoisotopic (exact) mass is 548 g/mol. The molecule has 9 heteroatoms. The Morgan fingerprint density at radius 2 is 2.03 bits per heavy atom. The van der Waals surface area contributed by atoms with E-state index in [0.717, 1.165) is 60.8 Å². The van der Waals surface area contributed by atoms with E-state index in [2.05, 4.69) is 41.7 Å². The fraction of sp³-hybridized carbons (Fsp3) is 0.467. The third-order valence-corrected chi connectivity index (χ3v) is 8.55. The van der Waals surface area contributed by atoms with Crippen LogP contribution < -0.4 is 4.90 Å². The van der Waals surface area contributed by atoms with Gasteiger partial charge in [-0.15, -0.1) is 11.3 Å². The Morgan fingerprint density at radius 3 is 2.74 bits per heavy atom. The maximum atomic E-state index is 13.5. The van der Waals surface area contributed by atoms with E-state index < -0.39 is 0 Å². The van der Waals surface area contributed by atoms with E-state index in [9.17, 15) is 9.90 Å². The first-order valence-corrected chi connectivity index (χ1v) is 14.5. The van der Waals surface area contributed by atoms with E-state index in [4.69, 9.17) is 9.97 Å². The van der Waals surface area contributed by atoms with E-state index in [1.165, 1.54) is 0 Å². The van der Waals surface area contributed by atoms with Crippen LogP contribution in [0.3, 0.4) is 0 Å². The topological polar surface area (TPSA) is 86.9 Å². The second-order valence-electron chi connectivity index (χ2n) is 9.92. The molecule has 0 aliphatic carbocycles. The molecule has 5 heterocycles. The minimum Gasteiger partial charge on any atom is -0.394 e. The Hall–Kier alpha value is -3.14. The highest BCUT2D eigenvalue weighted by molar-refractivity contribution is 7.13. The van der Waals surface area contributed by atoms with Crippen molar-refractivity contribution in [2.75, 3.05) is 31.1 Å². The van der Waals surface area contributed by atoms with Gasteiger partial charge < -0.3 is 14.9 Å². The van der Waals surface area contributed by atoms with E-state index in [0.29, 0.717) is 29.4 Å². The predicted molar refractivity (Wildman–Crippen MR) is 160 cm³/mol. The Labute approximate surface area is 235 Å². The van der Waals surface area contributed by atoms with Crippen molar-refractivity contribution >= 4 is 28.6 Å². The molecule has 1 aliphatic rings. The molecule has 1 N–H and O–H groups in total. The molecule has 0 unspecified atom stereocenters. The molecule has 1 fully saturated rings. The number of carbonyl (C=O) groups is 1. The largest absolute Gasteiger partial charge is 0.394 e. The number of hydrogen-bond donors (Lipinski definition) is 1. The minimum atomic E-state index is 0. The second kappa shape index (κ2) is 12.8. The van der Waals surface area contributed by atoms with Gasteiger partial charge in [0.1, 0.15) is 5.82 Å². The summed E-state index contributed by atoms with van der Waals surface area (Å²) in [6, 6.07) is 10.2. The van der Waals surface area contributed by atoms with Gasteiger partial charge in [0.25, 0.3) is 0 Å². The van der Waals surface area contributed by atoms with Gasteiger partial charge in [0.2, 0.25) is 0 Å². The maximum Gasteiger partial charge on any atom is 0.165 e. The molecule has 0 saturated carbocycles. The number of pyridine rings is 1. The second-order valence-corrected chi connectivity index (χ2v) is 10.9. The van der Waals surface area contributed by atoms with Gasteiger partial charge in [-0.25, -0.2) is 14.5 Å². The standard InChI is InChI=1S/C29H36N6O2S.CH4/c1-4-33(5-2)20(3)10-11-26(37)21-16-25(31-28(17-21)34-13-6-8-22(34)19-36)23-18-30-35-14-12-24(32-29(23)35)27-9-7-15-38-27;/h7,9,12,14-18,20,22,36H,4-6,8,10-11,13,19H2,1-3H3;1H4/t20-,22+;/m0./s1. The molecular formula is C30H40N6O2S. The molecule has 208 valence electrons. The first kappa shape index (κ1) is 28.9. The van der Waals surface area contributed by atoms with Crippen molar-refractivity contribution in [1.82, 2.24) is 24.5 Å². The van der Waals surface area contributed by atoms with Gasteiger partial charge in [0.05, 0.1) is 40.7 Å². The Kier molecular flexibility index (Phi) is 9.48. The van der Waals surface area contributed by atoms with Gasteiger partial charge in [-0.2, -0.15) is 5.10 Å². The molecule has 1 aliphatic heterocycles. The lowest BCUT2D eigenvalue weighted by Crippen LogP contribution is -2.33. The molecule has 4 aromatic heterocycles. The number of aliphatic hydroxyl groups is 1. The summed E-state index contributed by atoms with van der Waals surface area (Å²) >= 11 is 1.64. The predicted octanol–water partition coefficient (Wildman–Crippen LogP) is 5.81. The first-order chi connectivity index (χ1) is 18.5. The molecule has 4 aromatic rings. The number of carbonyl (C=O) groups excluding carboxylic acids is 1. The normalized spacial score (nSPS) is 16.1. The summed E-state index contributed by atoms with van der Waals surface area (Å²) in [7, 11) is 0. The van der Waals surface area contributed by atoms with E-state index >= 15 is 0 Å². The zero-order valence-electron chi connectivity index (χ0n) is 22.4. The average molecular weight is 549 g/mol. The number of thiophene rings is 1. The van der Waals surface area contributed by atoms with Crippen molar-refractivity contribution in [2.45, 2.75) is 66.0 Å². The van der Waals surface area contributed by atoms with Gasteiger partial charge in [0, 0.05) is 30.8 Å². The molecule has 1 saturated heterocycles. The Bertz CT molecular complexity index is 1380. The van der Waals surface area contributed by atoms with Crippen molar-refractivity contribution in [2.24, 2.45) is 0 Å². The van der Waals surface area contributed by atoms with Gasteiger partial charge in [-0.3, -0.25) is 4.79 Å². The van der Waals surface area contributed by atoms with Gasteiger partial charge in [0.15, 0.2) is 11.4 Å². The quantitative estimate of drug-likeness (QED) is 0.237. The number of aromatic nitrogens is 4. The van der Waals surface area contributed by atoms with Crippen LogP contribution in [-0.4, -0.2) is 73.7 Å². The highest BCUT2D eigenvalue weighted by Crippen LogP contribution is 2.31. The summed E-state index contributed by atoms with van der Waals surface area (Å²) in [6.07, 6.45) is 6.86. The lowest BCUT2D eigenvalue weighted by Gasteiger charge is -2.26. The van der Waals surface area contributed by atoms with Gasteiger partial charge in [-0.05, 0) is 68.9 Å². The molecule has 0 spiro atoms. The third kappa shape index (κ3) is 6.05. The molecule has 0 bridgehead atoms. The summed E-state index contributed by atoms with van der Waals surface area (Å²) in [4.78, 5) is 29.0. The van der Waals surface area contributed by atoms with Crippen LogP contribution in [0, 0.1) is 0 Å². The first-order valence-electron chi connectivity index (χ1n) is 13.6. The summed E-state index contributed by atoms with van der Waals surface area (Å²) < 4.78 is 1.75. The fourth-order valence-corrected chi connectivity index (χ4v) is 6.11. The SMILES string of the molecule is C.CCN(CC)[C@@H](C)CCC(=O)c1cc(-c2cnn3ccc(-c4cccs4)nc23)nc(N2CCC[C@@H]2CO)c1. The van der Waals surface area contributed by atoms with Crippen LogP contribution in [-0.2, 0) is 0 Å². The number of hydrogen-bond acceptors (Lipinski definition) is 8. The highest BCUT2D eigenvalue weighted by atomic mass is 32.1. The number of Topliss-reactive ketones (excluding diaryl/α,β-unsaturated/α-hetero) is 1. The van der Waals surface area contributed by atoms with Crippen LogP contribution >= 0.6 is 11.3 Å². The molecule has 39 heavy (non-hydrogen) atoms. The zero-order chi connectivity index (χ0) is 26.6. The number of aliphatic hydroxyl groups excluding tert-OH is 1. The van der Waals surface area contributed by atoms with Crippen molar-refractivity contribution < 1.29 is 9.90 Å². The van der Waals surface area contributed by atoms with Gasteiger partial charge in [-0.1, -0.05) is 27.3 Å². The number of anilines is 1. The van der Waals surface area contributed by atoms with Gasteiger partial charge >= 0.3 is 0 Å². The van der Waals surface area contributed by atoms with Crippen LogP contribution in [0.5, 0.6) is 0 Å². The van der Waals surface area contributed by atoms with Crippen LogP contribution in [0.1, 0.15) is 64.2 Å². The minimum absolute atomic E-state index is 0. The molecule has 8 nitrogen and oxygen atoms in total. The number of fused-ring (bicyclic) bond motifs is 1. The summed E-state index contributed by atoms with van der Waals surface area (Å²) in [5.74, 6) is 0.838. The highest BCUT2D eigenvalue weighted by Gasteiger charge is 2.27. The molecule has 2 atom stereocenters. The zero-order valence-corrected chi connectivity index (χ0v) is 23.2. The fourth-order valence-electron chi connectivity index (χ4n) is 5.41. The number of ketones is 1. The lowest BCUT2D eigenvalue weighted by molar-refractivity contribution is 0.0964. The van der Waals surface area contributed by atoms with Crippen molar-refractivity contribution in [3.05, 3.63) is 53.7 Å². The summed E-state index contributed by atoms with van der Waals surface area (Å²) in [5.41, 5.74) is 3.70. The number of nitrogens with zero attached hydrogens (tertiary/aromatic N) is 6. The smallest absolute Gasteiger partial charge is 0.165 e. The van der Waals surface area contributed by atoms with Crippen LogP contribution in [0.25, 0.3) is 27.5 Å². The van der Waals surface area contributed by atoms with Crippen LogP contribution in [0.4, 0.5) is 5.82 Å². The third-order valence-electron chi connectivity index (χ3n) is 7.66. The van der Waals surface area contributed by atoms with Crippen molar-refractivity contribution in [3.8, 4) is 21.8 Å². The molecule has 5 rings (SSSR count). The van der Waals surface area contributed by atoms with Crippen molar-refractivity contribution in [1.29, 1.82) is 0 Å². The Morgan fingerprint density at radius 1 is 1.21 bits per heavy atom. The lowest BCUT2D eigenvalue weighted by atomic mass is 10.0. The molecule has 0 amide bonds.